The minimum absolute atomic E-state index is 0.0509. The lowest BCUT2D eigenvalue weighted by atomic mass is 10.2. The molecular formula is C20H17NO4S. The lowest BCUT2D eigenvalue weighted by Gasteiger charge is -2.07. The Kier molecular flexibility index (Phi) is 4.34. The molecule has 4 rings (SSSR count). The molecule has 0 atom stereocenters. The van der Waals surface area contributed by atoms with Gasteiger partial charge in [0, 0.05) is 12.5 Å². The van der Waals surface area contributed by atoms with Crippen LogP contribution in [0.5, 0.6) is 17.2 Å². The van der Waals surface area contributed by atoms with E-state index in [1.165, 1.54) is 11.3 Å². The van der Waals surface area contributed by atoms with Gasteiger partial charge in [-0.05, 0) is 48.9 Å². The molecule has 26 heavy (non-hydrogen) atoms. The van der Waals surface area contributed by atoms with Crippen LogP contribution in [0.2, 0.25) is 0 Å². The van der Waals surface area contributed by atoms with E-state index in [2.05, 4.69) is 4.98 Å². The van der Waals surface area contributed by atoms with Gasteiger partial charge < -0.3 is 14.2 Å². The van der Waals surface area contributed by atoms with Crippen molar-refractivity contribution in [1.29, 1.82) is 0 Å². The van der Waals surface area contributed by atoms with Crippen molar-refractivity contribution in [1.82, 2.24) is 4.98 Å². The molecule has 132 valence electrons. The summed E-state index contributed by atoms with van der Waals surface area (Å²) in [6, 6.07) is 13.5. The second kappa shape index (κ2) is 6.80. The fourth-order valence-corrected chi connectivity index (χ4v) is 3.70. The maximum absolute atomic E-state index is 11.6. The molecule has 0 spiro atoms. The van der Waals surface area contributed by atoms with Gasteiger partial charge >= 0.3 is 0 Å². The van der Waals surface area contributed by atoms with Crippen LogP contribution in [-0.2, 0) is 6.61 Å². The summed E-state index contributed by atoms with van der Waals surface area (Å²) in [7, 11) is 0. The van der Waals surface area contributed by atoms with Crippen LogP contribution >= 0.6 is 11.3 Å². The maximum atomic E-state index is 11.6. The number of fused-ring (bicyclic) bond motifs is 1. The highest BCUT2D eigenvalue weighted by atomic mass is 32.1. The van der Waals surface area contributed by atoms with Crippen molar-refractivity contribution in [2.75, 3.05) is 6.79 Å². The van der Waals surface area contributed by atoms with Crippen molar-refractivity contribution in [2.24, 2.45) is 0 Å². The second-order valence-corrected chi connectivity index (χ2v) is 6.99. The first-order valence-corrected chi connectivity index (χ1v) is 9.02. The van der Waals surface area contributed by atoms with E-state index < -0.39 is 0 Å². The molecular weight excluding hydrogens is 350 g/mol. The third-order valence-electron chi connectivity index (χ3n) is 4.06. The zero-order valence-corrected chi connectivity index (χ0v) is 15.3. The Morgan fingerprint density at radius 3 is 2.65 bits per heavy atom. The highest BCUT2D eigenvalue weighted by Gasteiger charge is 2.14. The standard InChI is InChI=1S/C20H17NO4S/c1-12-19(13(2)22)26-20(21-12)15-4-6-16(7-5-15)23-10-14-3-8-17-18(9-14)25-11-24-17/h3-9H,10-11H2,1-2H3. The number of thiazole rings is 1. The van der Waals surface area contributed by atoms with Gasteiger partial charge in [0.15, 0.2) is 17.3 Å². The fourth-order valence-electron chi connectivity index (χ4n) is 2.74. The number of aromatic nitrogens is 1. The molecule has 1 aliphatic rings. The molecule has 1 aromatic heterocycles. The molecule has 0 aliphatic carbocycles. The number of hydrogen-bond donors (Lipinski definition) is 0. The number of carbonyl (C=O) groups is 1. The van der Waals surface area contributed by atoms with Crippen molar-refractivity contribution in [3.05, 3.63) is 58.6 Å². The molecule has 0 bridgehead atoms. The first-order chi connectivity index (χ1) is 12.6. The average Bonchev–Trinajstić information content (AvgIpc) is 3.26. The number of carbonyl (C=O) groups excluding carboxylic acids is 1. The van der Waals surface area contributed by atoms with E-state index in [4.69, 9.17) is 14.2 Å². The summed E-state index contributed by atoms with van der Waals surface area (Å²) < 4.78 is 16.5. The van der Waals surface area contributed by atoms with E-state index in [0.29, 0.717) is 11.5 Å². The number of rotatable bonds is 5. The third kappa shape index (κ3) is 3.28. The van der Waals surface area contributed by atoms with Gasteiger partial charge in [0.25, 0.3) is 0 Å². The lowest BCUT2D eigenvalue weighted by molar-refractivity contribution is 0.102. The first kappa shape index (κ1) is 16.6. The van der Waals surface area contributed by atoms with Gasteiger partial charge in [0.2, 0.25) is 6.79 Å². The highest BCUT2D eigenvalue weighted by Crippen LogP contribution is 2.33. The molecule has 6 heteroatoms. The van der Waals surface area contributed by atoms with Crippen LogP contribution in [0.3, 0.4) is 0 Å². The van der Waals surface area contributed by atoms with Gasteiger partial charge in [0.1, 0.15) is 17.4 Å². The Balaban J connectivity index is 1.44. The van der Waals surface area contributed by atoms with E-state index >= 15 is 0 Å². The molecule has 1 aliphatic heterocycles. The predicted molar refractivity (Wildman–Crippen MR) is 99.2 cm³/mol. The van der Waals surface area contributed by atoms with Gasteiger partial charge in [-0.2, -0.15) is 0 Å². The van der Waals surface area contributed by atoms with Crippen LogP contribution < -0.4 is 14.2 Å². The summed E-state index contributed by atoms with van der Waals surface area (Å²) >= 11 is 1.42. The molecule has 2 heterocycles. The van der Waals surface area contributed by atoms with Crippen LogP contribution in [0.25, 0.3) is 10.6 Å². The summed E-state index contributed by atoms with van der Waals surface area (Å²) in [6.45, 7) is 4.14. The molecule has 0 N–H and O–H groups in total. The quantitative estimate of drug-likeness (QED) is 0.616. The monoisotopic (exact) mass is 367 g/mol. The van der Waals surface area contributed by atoms with Crippen molar-refractivity contribution >= 4 is 17.1 Å². The van der Waals surface area contributed by atoms with Gasteiger partial charge in [0.05, 0.1) is 10.6 Å². The average molecular weight is 367 g/mol. The van der Waals surface area contributed by atoms with E-state index in [9.17, 15) is 4.79 Å². The SMILES string of the molecule is CC(=O)c1sc(-c2ccc(OCc3ccc4c(c3)OCO4)cc2)nc1C. The Morgan fingerprint density at radius 2 is 1.92 bits per heavy atom. The van der Waals surface area contributed by atoms with E-state index in [0.717, 1.165) is 39.1 Å². The number of Topliss-reactive ketones (excluding diaryl/α,β-unsaturated/α-hetero) is 1. The van der Waals surface area contributed by atoms with Crippen LogP contribution in [-0.4, -0.2) is 17.6 Å². The Morgan fingerprint density at radius 1 is 1.15 bits per heavy atom. The van der Waals surface area contributed by atoms with Gasteiger partial charge in [-0.3, -0.25) is 4.79 Å². The smallest absolute Gasteiger partial charge is 0.231 e. The fraction of sp³-hybridized carbons (Fsp3) is 0.200. The zero-order valence-electron chi connectivity index (χ0n) is 14.4. The van der Waals surface area contributed by atoms with Gasteiger partial charge in [-0.25, -0.2) is 4.98 Å². The second-order valence-electron chi connectivity index (χ2n) is 5.99. The van der Waals surface area contributed by atoms with Crippen molar-refractivity contribution in [3.8, 4) is 27.8 Å². The Bertz CT molecular complexity index is 962. The number of nitrogens with zero attached hydrogens (tertiary/aromatic N) is 1. The Hall–Kier alpha value is -2.86. The normalized spacial score (nSPS) is 12.2. The van der Waals surface area contributed by atoms with Gasteiger partial charge in [-0.1, -0.05) is 6.07 Å². The number of ketones is 1. The molecule has 0 radical (unpaired) electrons. The van der Waals surface area contributed by atoms with E-state index in [1.54, 1.807) is 6.92 Å². The molecule has 0 saturated carbocycles. The molecule has 2 aromatic carbocycles. The summed E-state index contributed by atoms with van der Waals surface area (Å²) in [5.41, 5.74) is 2.77. The third-order valence-corrected chi connectivity index (χ3v) is 5.37. The topological polar surface area (TPSA) is 57.7 Å². The number of ether oxygens (including phenoxy) is 3. The molecule has 0 saturated heterocycles. The lowest BCUT2D eigenvalue weighted by Crippen LogP contribution is -1.95. The number of aryl methyl sites for hydroxylation is 1. The first-order valence-electron chi connectivity index (χ1n) is 8.20. The zero-order chi connectivity index (χ0) is 18.1. The molecule has 5 nitrogen and oxygen atoms in total. The maximum Gasteiger partial charge on any atom is 0.231 e. The number of benzene rings is 2. The van der Waals surface area contributed by atoms with Crippen molar-refractivity contribution in [2.45, 2.75) is 20.5 Å². The summed E-state index contributed by atoms with van der Waals surface area (Å²) in [4.78, 5) is 16.8. The Labute approximate surface area is 155 Å². The van der Waals surface area contributed by atoms with Gasteiger partial charge in [-0.15, -0.1) is 11.3 Å². The molecule has 0 fully saturated rings. The molecule has 0 unspecified atom stereocenters. The van der Waals surface area contributed by atoms with E-state index in [-0.39, 0.29) is 12.6 Å². The van der Waals surface area contributed by atoms with Crippen LogP contribution in [0.4, 0.5) is 0 Å². The minimum atomic E-state index is 0.0509. The van der Waals surface area contributed by atoms with Crippen molar-refractivity contribution < 1.29 is 19.0 Å². The minimum Gasteiger partial charge on any atom is -0.489 e. The van der Waals surface area contributed by atoms with E-state index in [1.807, 2.05) is 49.4 Å². The molecule has 0 amide bonds. The van der Waals surface area contributed by atoms with Crippen LogP contribution in [0, 0.1) is 6.92 Å². The van der Waals surface area contributed by atoms with Crippen LogP contribution in [0.15, 0.2) is 42.5 Å². The van der Waals surface area contributed by atoms with Crippen LogP contribution in [0.1, 0.15) is 27.9 Å². The summed E-state index contributed by atoms with van der Waals surface area (Å²) in [5, 5.41) is 0.843. The molecule has 3 aromatic rings. The number of hydrogen-bond acceptors (Lipinski definition) is 6. The van der Waals surface area contributed by atoms with Crippen molar-refractivity contribution in [3.63, 3.8) is 0 Å². The summed E-state index contributed by atoms with van der Waals surface area (Å²) in [6.07, 6.45) is 0. The predicted octanol–water partition coefficient (Wildman–Crippen LogP) is 4.63. The largest absolute Gasteiger partial charge is 0.489 e. The highest BCUT2D eigenvalue weighted by molar-refractivity contribution is 7.17. The summed E-state index contributed by atoms with van der Waals surface area (Å²) in [5.74, 6) is 2.34.